The van der Waals surface area contributed by atoms with Gasteiger partial charge in [-0.15, -0.1) is 0 Å². The molecule has 0 atom stereocenters. The lowest BCUT2D eigenvalue weighted by Gasteiger charge is -2.36. The third-order valence-electron chi connectivity index (χ3n) is 5.10. The van der Waals surface area contributed by atoms with Gasteiger partial charge in [0.15, 0.2) is 0 Å². The van der Waals surface area contributed by atoms with E-state index in [0.29, 0.717) is 13.1 Å². The average molecular weight is 383 g/mol. The standard InChI is InChI=1S/C21H23ClN4O/c22-18-7-4-8-19(15-18)25-13-11-24(12-14-25)16-21(27)26-10-9-20(23-26)17-5-2-1-3-6-17/h1-8,15H,9-14,16H2. The first kappa shape index (κ1) is 18.0. The fraction of sp³-hybridized carbons (Fsp3) is 0.333. The van der Waals surface area contributed by atoms with Gasteiger partial charge in [-0.25, -0.2) is 5.01 Å². The lowest BCUT2D eigenvalue weighted by Crippen LogP contribution is -2.49. The Kier molecular flexibility index (Phi) is 5.41. The number of amides is 1. The van der Waals surface area contributed by atoms with Gasteiger partial charge in [0.1, 0.15) is 0 Å². The molecule has 2 aliphatic rings. The molecule has 2 aromatic rings. The van der Waals surface area contributed by atoms with Crippen molar-refractivity contribution in [3.05, 3.63) is 65.2 Å². The van der Waals surface area contributed by atoms with Crippen LogP contribution in [-0.2, 0) is 4.79 Å². The van der Waals surface area contributed by atoms with Crippen molar-refractivity contribution >= 4 is 28.9 Å². The van der Waals surface area contributed by atoms with Crippen LogP contribution in [0.25, 0.3) is 0 Å². The second-order valence-corrected chi connectivity index (χ2v) is 7.36. The summed E-state index contributed by atoms with van der Waals surface area (Å²) in [6.45, 7) is 4.61. The maximum Gasteiger partial charge on any atom is 0.256 e. The summed E-state index contributed by atoms with van der Waals surface area (Å²) in [5, 5.41) is 6.93. The minimum Gasteiger partial charge on any atom is -0.369 e. The quantitative estimate of drug-likeness (QED) is 0.815. The first-order chi connectivity index (χ1) is 13.2. The van der Waals surface area contributed by atoms with Gasteiger partial charge in [0.05, 0.1) is 18.8 Å². The number of carbonyl (C=O) groups excluding carboxylic acids is 1. The molecule has 1 saturated heterocycles. The van der Waals surface area contributed by atoms with Crippen molar-refractivity contribution in [2.45, 2.75) is 6.42 Å². The van der Waals surface area contributed by atoms with E-state index >= 15 is 0 Å². The molecule has 0 spiro atoms. The zero-order chi connectivity index (χ0) is 18.6. The highest BCUT2D eigenvalue weighted by molar-refractivity contribution is 6.30. The summed E-state index contributed by atoms with van der Waals surface area (Å²) >= 11 is 6.09. The number of hydrogen-bond acceptors (Lipinski definition) is 4. The van der Waals surface area contributed by atoms with Crippen molar-refractivity contribution in [1.29, 1.82) is 0 Å². The third-order valence-corrected chi connectivity index (χ3v) is 5.34. The van der Waals surface area contributed by atoms with E-state index in [4.69, 9.17) is 11.6 Å². The van der Waals surface area contributed by atoms with Crippen LogP contribution in [0.3, 0.4) is 0 Å². The van der Waals surface area contributed by atoms with Crippen LogP contribution < -0.4 is 4.90 Å². The Hall–Kier alpha value is -2.37. The number of hydrogen-bond donors (Lipinski definition) is 0. The summed E-state index contributed by atoms with van der Waals surface area (Å²) in [6.07, 6.45) is 0.818. The van der Waals surface area contributed by atoms with Gasteiger partial charge in [-0.2, -0.15) is 5.10 Å². The molecule has 0 unspecified atom stereocenters. The highest BCUT2D eigenvalue weighted by Crippen LogP contribution is 2.21. The van der Waals surface area contributed by atoms with E-state index in [1.54, 1.807) is 5.01 Å². The predicted molar refractivity (Wildman–Crippen MR) is 109 cm³/mol. The molecule has 2 aliphatic heterocycles. The zero-order valence-electron chi connectivity index (χ0n) is 15.2. The number of halogens is 1. The van der Waals surface area contributed by atoms with Gasteiger partial charge in [-0.1, -0.05) is 48.0 Å². The van der Waals surface area contributed by atoms with Gasteiger partial charge in [0, 0.05) is 43.3 Å². The predicted octanol–water partition coefficient (Wildman–Crippen LogP) is 3.10. The third kappa shape index (κ3) is 4.31. The van der Waals surface area contributed by atoms with E-state index in [1.807, 2.05) is 48.5 Å². The molecule has 0 saturated carbocycles. The van der Waals surface area contributed by atoms with E-state index < -0.39 is 0 Å². The fourth-order valence-corrected chi connectivity index (χ4v) is 3.77. The number of hydrazone groups is 1. The molecule has 140 valence electrons. The zero-order valence-corrected chi connectivity index (χ0v) is 16.0. The van der Waals surface area contributed by atoms with E-state index in [1.165, 1.54) is 0 Å². The smallest absolute Gasteiger partial charge is 0.256 e. The molecule has 0 bridgehead atoms. The molecule has 0 aliphatic carbocycles. The van der Waals surface area contributed by atoms with Crippen LogP contribution in [0.4, 0.5) is 5.69 Å². The summed E-state index contributed by atoms with van der Waals surface area (Å²) < 4.78 is 0. The molecular formula is C21H23ClN4O. The summed E-state index contributed by atoms with van der Waals surface area (Å²) in [4.78, 5) is 17.2. The number of carbonyl (C=O) groups is 1. The van der Waals surface area contributed by atoms with Crippen LogP contribution >= 0.6 is 11.6 Å². The molecule has 2 aromatic carbocycles. The van der Waals surface area contributed by atoms with Crippen molar-refractivity contribution in [1.82, 2.24) is 9.91 Å². The van der Waals surface area contributed by atoms with Gasteiger partial charge < -0.3 is 4.90 Å². The lowest BCUT2D eigenvalue weighted by atomic mass is 10.1. The van der Waals surface area contributed by atoms with Crippen LogP contribution in [0.2, 0.25) is 5.02 Å². The summed E-state index contributed by atoms with van der Waals surface area (Å²) in [5.41, 5.74) is 3.24. The summed E-state index contributed by atoms with van der Waals surface area (Å²) in [7, 11) is 0. The molecule has 0 N–H and O–H groups in total. The minimum atomic E-state index is 0.0807. The first-order valence-electron chi connectivity index (χ1n) is 9.35. The molecule has 5 nitrogen and oxygen atoms in total. The second kappa shape index (κ2) is 8.11. The molecule has 6 heteroatoms. The van der Waals surface area contributed by atoms with Crippen LogP contribution in [0, 0.1) is 0 Å². The molecule has 1 amide bonds. The van der Waals surface area contributed by atoms with Gasteiger partial charge in [0.25, 0.3) is 5.91 Å². The maximum absolute atomic E-state index is 12.6. The van der Waals surface area contributed by atoms with Crippen molar-refractivity contribution < 1.29 is 4.79 Å². The summed E-state index contributed by atoms with van der Waals surface area (Å²) in [5.74, 6) is 0.0807. The number of anilines is 1. The van der Waals surface area contributed by atoms with Gasteiger partial charge >= 0.3 is 0 Å². The minimum absolute atomic E-state index is 0.0807. The number of nitrogens with zero attached hydrogens (tertiary/aromatic N) is 4. The second-order valence-electron chi connectivity index (χ2n) is 6.92. The van der Waals surface area contributed by atoms with E-state index in [-0.39, 0.29) is 5.91 Å². The van der Waals surface area contributed by atoms with Gasteiger partial charge in [-0.05, 0) is 23.8 Å². The van der Waals surface area contributed by atoms with Crippen molar-refractivity contribution in [3.63, 3.8) is 0 Å². The van der Waals surface area contributed by atoms with Gasteiger partial charge in [0.2, 0.25) is 0 Å². The molecule has 4 rings (SSSR count). The molecular weight excluding hydrogens is 360 g/mol. The van der Waals surface area contributed by atoms with Crippen LogP contribution in [0.15, 0.2) is 59.7 Å². The lowest BCUT2D eigenvalue weighted by molar-refractivity contribution is -0.132. The molecule has 0 radical (unpaired) electrons. The fourth-order valence-electron chi connectivity index (χ4n) is 3.58. The Morgan fingerprint density at radius 3 is 2.48 bits per heavy atom. The van der Waals surface area contributed by atoms with Crippen LogP contribution in [0.5, 0.6) is 0 Å². The maximum atomic E-state index is 12.6. The molecule has 1 fully saturated rings. The first-order valence-corrected chi connectivity index (χ1v) is 9.73. The monoisotopic (exact) mass is 382 g/mol. The Balaban J connectivity index is 1.30. The molecule has 27 heavy (non-hydrogen) atoms. The van der Waals surface area contributed by atoms with Crippen LogP contribution in [-0.4, -0.2) is 60.8 Å². The molecule has 2 heterocycles. The summed E-state index contributed by atoms with van der Waals surface area (Å²) in [6, 6.07) is 18.0. The van der Waals surface area contributed by atoms with Crippen molar-refractivity contribution in [2.24, 2.45) is 5.10 Å². The Morgan fingerprint density at radius 1 is 0.963 bits per heavy atom. The number of piperazine rings is 1. The van der Waals surface area contributed by atoms with Crippen molar-refractivity contribution in [3.8, 4) is 0 Å². The highest BCUT2D eigenvalue weighted by Gasteiger charge is 2.25. The number of benzene rings is 2. The Bertz CT molecular complexity index is 831. The number of rotatable bonds is 4. The van der Waals surface area contributed by atoms with Gasteiger partial charge in [-0.3, -0.25) is 9.69 Å². The van der Waals surface area contributed by atoms with Crippen LogP contribution in [0.1, 0.15) is 12.0 Å². The van der Waals surface area contributed by atoms with E-state index in [0.717, 1.165) is 54.6 Å². The SMILES string of the molecule is O=C(CN1CCN(c2cccc(Cl)c2)CC1)N1CCC(c2ccccc2)=N1. The Morgan fingerprint density at radius 2 is 1.74 bits per heavy atom. The molecule has 0 aromatic heterocycles. The Labute approximate surface area is 164 Å². The van der Waals surface area contributed by atoms with Crippen molar-refractivity contribution in [2.75, 3.05) is 44.2 Å². The van der Waals surface area contributed by atoms with E-state index in [2.05, 4.69) is 21.0 Å². The van der Waals surface area contributed by atoms with E-state index in [9.17, 15) is 4.79 Å². The average Bonchev–Trinajstić information content (AvgIpc) is 3.20. The topological polar surface area (TPSA) is 39.2 Å². The highest BCUT2D eigenvalue weighted by atomic mass is 35.5. The largest absolute Gasteiger partial charge is 0.369 e. The normalized spacial score (nSPS) is 17.9.